The van der Waals surface area contributed by atoms with Crippen molar-refractivity contribution in [1.82, 2.24) is 10.1 Å². The first-order valence-electron chi connectivity index (χ1n) is 6.94. The van der Waals surface area contributed by atoms with E-state index >= 15 is 0 Å². The number of methoxy groups -OCH3 is 2. The summed E-state index contributed by atoms with van der Waals surface area (Å²) in [5.74, 6) is 2.72. The van der Waals surface area contributed by atoms with Crippen molar-refractivity contribution in [2.45, 2.75) is 25.4 Å². The Balaban J connectivity index is 1.80. The minimum Gasteiger partial charge on any atom is -0.493 e. The third kappa shape index (κ3) is 2.71. The predicted molar refractivity (Wildman–Crippen MR) is 75.6 cm³/mol. The summed E-state index contributed by atoms with van der Waals surface area (Å²) in [5, 5.41) is 4.04. The van der Waals surface area contributed by atoms with E-state index in [1.54, 1.807) is 14.2 Å². The van der Waals surface area contributed by atoms with Gasteiger partial charge in [0.1, 0.15) is 0 Å². The molecule has 0 spiro atoms. The van der Waals surface area contributed by atoms with Crippen LogP contribution in [-0.4, -0.2) is 37.1 Å². The molecular weight excluding hydrogens is 272 g/mol. The zero-order valence-electron chi connectivity index (χ0n) is 12.3. The van der Waals surface area contributed by atoms with Crippen LogP contribution < -0.4 is 9.47 Å². The fourth-order valence-corrected chi connectivity index (χ4v) is 2.31. The zero-order valence-corrected chi connectivity index (χ0v) is 12.3. The Morgan fingerprint density at radius 3 is 2.76 bits per heavy atom. The number of hydrogen-bond acceptors (Lipinski definition) is 6. The van der Waals surface area contributed by atoms with E-state index in [1.807, 2.05) is 25.1 Å². The number of rotatable bonds is 6. The van der Waals surface area contributed by atoms with Gasteiger partial charge in [-0.25, -0.2) is 0 Å². The molecule has 112 valence electrons. The molecule has 0 unspecified atom stereocenters. The summed E-state index contributed by atoms with van der Waals surface area (Å²) in [6.07, 6.45) is 1.16. The topological polar surface area (TPSA) is 66.6 Å². The maximum Gasteiger partial charge on any atom is 0.232 e. The highest BCUT2D eigenvalue weighted by molar-refractivity contribution is 5.60. The quantitative estimate of drug-likeness (QED) is 0.814. The van der Waals surface area contributed by atoms with Gasteiger partial charge in [0.25, 0.3) is 0 Å². The lowest BCUT2D eigenvalue weighted by molar-refractivity contribution is 0.125. The highest BCUT2D eigenvalue weighted by Crippen LogP contribution is 2.43. The van der Waals surface area contributed by atoms with Crippen LogP contribution in [0.4, 0.5) is 0 Å². The van der Waals surface area contributed by atoms with Crippen LogP contribution in [0.25, 0.3) is 11.4 Å². The summed E-state index contributed by atoms with van der Waals surface area (Å²) < 4.78 is 21.4. The van der Waals surface area contributed by atoms with Crippen molar-refractivity contribution in [3.63, 3.8) is 0 Å². The van der Waals surface area contributed by atoms with E-state index in [0.29, 0.717) is 29.8 Å². The summed E-state index contributed by atoms with van der Waals surface area (Å²) in [4.78, 5) is 4.45. The molecule has 2 atom stereocenters. The monoisotopic (exact) mass is 290 g/mol. The van der Waals surface area contributed by atoms with Gasteiger partial charge in [0, 0.05) is 12.2 Å². The Kier molecular flexibility index (Phi) is 3.79. The molecule has 2 aromatic rings. The number of hydrogen-bond donors (Lipinski definition) is 0. The molecule has 1 fully saturated rings. The van der Waals surface area contributed by atoms with E-state index in [4.69, 9.17) is 18.7 Å². The van der Waals surface area contributed by atoms with Crippen molar-refractivity contribution in [2.24, 2.45) is 0 Å². The summed E-state index contributed by atoms with van der Waals surface area (Å²) in [5.41, 5.74) is 0.830. The van der Waals surface area contributed by atoms with Crippen molar-refractivity contribution in [1.29, 1.82) is 0 Å². The second-order valence-electron chi connectivity index (χ2n) is 4.86. The maximum absolute atomic E-state index is 5.54. The van der Waals surface area contributed by atoms with Gasteiger partial charge in [-0.2, -0.15) is 4.98 Å². The number of benzene rings is 1. The first kappa shape index (κ1) is 13.9. The summed E-state index contributed by atoms with van der Waals surface area (Å²) in [6.45, 7) is 2.69. The van der Waals surface area contributed by atoms with Crippen LogP contribution in [0.1, 0.15) is 25.2 Å². The van der Waals surface area contributed by atoms with Gasteiger partial charge in [-0.3, -0.25) is 0 Å². The smallest absolute Gasteiger partial charge is 0.232 e. The molecule has 21 heavy (non-hydrogen) atoms. The van der Waals surface area contributed by atoms with Gasteiger partial charge in [0.05, 0.1) is 26.2 Å². The van der Waals surface area contributed by atoms with Gasteiger partial charge in [0.2, 0.25) is 11.7 Å². The molecule has 0 bridgehead atoms. The molecule has 6 heteroatoms. The van der Waals surface area contributed by atoms with E-state index in [0.717, 1.165) is 12.0 Å². The van der Waals surface area contributed by atoms with Crippen LogP contribution in [0.2, 0.25) is 0 Å². The molecule has 1 aromatic heterocycles. The van der Waals surface area contributed by atoms with Gasteiger partial charge in [-0.15, -0.1) is 0 Å². The molecule has 0 saturated heterocycles. The summed E-state index contributed by atoms with van der Waals surface area (Å²) in [6, 6.07) is 5.54. The number of aromatic nitrogens is 2. The lowest BCUT2D eigenvalue weighted by Gasteiger charge is -2.07. The molecule has 1 heterocycles. The Hall–Kier alpha value is -2.08. The molecule has 0 aliphatic heterocycles. The van der Waals surface area contributed by atoms with Gasteiger partial charge < -0.3 is 18.7 Å². The third-order valence-electron chi connectivity index (χ3n) is 3.51. The molecule has 0 N–H and O–H groups in total. The standard InChI is InChI=1S/C15H18N2O4/c1-4-20-12-8-10(12)15-16-14(17-21-15)9-5-6-11(18-2)13(7-9)19-3/h5-7,10,12H,4,8H2,1-3H3/t10-,12+/m0/s1. The first-order valence-corrected chi connectivity index (χ1v) is 6.94. The molecule has 0 amide bonds. The normalized spacial score (nSPS) is 20.3. The van der Waals surface area contributed by atoms with E-state index in [-0.39, 0.29) is 12.0 Å². The average molecular weight is 290 g/mol. The SMILES string of the molecule is CCO[C@@H]1C[C@@H]1c1nc(-c2ccc(OC)c(OC)c2)no1. The van der Waals surface area contributed by atoms with Crippen LogP contribution in [0.15, 0.2) is 22.7 Å². The molecule has 3 rings (SSSR count). The second-order valence-corrected chi connectivity index (χ2v) is 4.86. The highest BCUT2D eigenvalue weighted by atomic mass is 16.5. The lowest BCUT2D eigenvalue weighted by Crippen LogP contribution is -1.95. The van der Waals surface area contributed by atoms with Crippen molar-refractivity contribution in [3.8, 4) is 22.9 Å². The van der Waals surface area contributed by atoms with Crippen molar-refractivity contribution < 1.29 is 18.7 Å². The number of ether oxygens (including phenoxy) is 3. The molecule has 0 radical (unpaired) electrons. The lowest BCUT2D eigenvalue weighted by atomic mass is 10.2. The van der Waals surface area contributed by atoms with Crippen LogP contribution in [0.5, 0.6) is 11.5 Å². The Morgan fingerprint density at radius 1 is 1.24 bits per heavy atom. The number of nitrogens with zero attached hydrogens (tertiary/aromatic N) is 2. The van der Waals surface area contributed by atoms with Crippen LogP contribution in [0.3, 0.4) is 0 Å². The van der Waals surface area contributed by atoms with Gasteiger partial charge in [0.15, 0.2) is 11.5 Å². The summed E-state index contributed by atoms with van der Waals surface area (Å²) in [7, 11) is 3.20. The van der Waals surface area contributed by atoms with Crippen LogP contribution in [0, 0.1) is 0 Å². The van der Waals surface area contributed by atoms with Crippen molar-refractivity contribution in [3.05, 3.63) is 24.1 Å². The fourth-order valence-electron chi connectivity index (χ4n) is 2.31. The Morgan fingerprint density at radius 2 is 2.05 bits per heavy atom. The molecule has 1 aromatic carbocycles. The van der Waals surface area contributed by atoms with Crippen molar-refractivity contribution in [2.75, 3.05) is 20.8 Å². The predicted octanol–water partition coefficient (Wildman–Crippen LogP) is 2.65. The van der Waals surface area contributed by atoms with Gasteiger partial charge >= 0.3 is 0 Å². The van der Waals surface area contributed by atoms with Gasteiger partial charge in [-0.05, 0) is 31.5 Å². The molecule has 1 saturated carbocycles. The molecular formula is C15H18N2O4. The largest absolute Gasteiger partial charge is 0.493 e. The van der Waals surface area contributed by atoms with E-state index in [9.17, 15) is 0 Å². The average Bonchev–Trinajstić information content (AvgIpc) is 3.11. The molecule has 6 nitrogen and oxygen atoms in total. The maximum atomic E-state index is 5.54. The van der Waals surface area contributed by atoms with Gasteiger partial charge in [-0.1, -0.05) is 5.16 Å². The fraction of sp³-hybridized carbons (Fsp3) is 0.467. The molecule has 1 aliphatic carbocycles. The summed E-state index contributed by atoms with van der Waals surface area (Å²) >= 11 is 0. The zero-order chi connectivity index (χ0) is 14.8. The second kappa shape index (κ2) is 5.73. The Bertz CT molecular complexity index is 626. The van der Waals surface area contributed by atoms with E-state index in [1.165, 1.54) is 0 Å². The van der Waals surface area contributed by atoms with Crippen LogP contribution >= 0.6 is 0 Å². The minimum absolute atomic E-state index is 0.216. The van der Waals surface area contributed by atoms with Crippen molar-refractivity contribution >= 4 is 0 Å². The van der Waals surface area contributed by atoms with Crippen LogP contribution in [-0.2, 0) is 4.74 Å². The van der Waals surface area contributed by atoms with E-state index in [2.05, 4.69) is 10.1 Å². The third-order valence-corrected chi connectivity index (χ3v) is 3.51. The Labute approximate surface area is 123 Å². The molecule has 1 aliphatic rings. The highest BCUT2D eigenvalue weighted by Gasteiger charge is 2.43. The van der Waals surface area contributed by atoms with E-state index < -0.39 is 0 Å². The minimum atomic E-state index is 0.216. The first-order chi connectivity index (χ1) is 10.3.